The number of pyridine rings is 1. The van der Waals surface area contributed by atoms with Gasteiger partial charge in [0.2, 0.25) is 0 Å². The third kappa shape index (κ3) is 2.79. The van der Waals surface area contributed by atoms with Crippen LogP contribution in [0.5, 0.6) is 0 Å². The van der Waals surface area contributed by atoms with Crippen molar-refractivity contribution < 1.29 is 14.8 Å². The van der Waals surface area contributed by atoms with Gasteiger partial charge in [0.05, 0.1) is 4.92 Å². The summed E-state index contributed by atoms with van der Waals surface area (Å²) in [4.78, 5) is 25.1. The van der Waals surface area contributed by atoms with Crippen LogP contribution >= 0.6 is 11.8 Å². The van der Waals surface area contributed by atoms with Crippen molar-refractivity contribution in [2.24, 2.45) is 0 Å². The quantitative estimate of drug-likeness (QED) is 0.666. The van der Waals surface area contributed by atoms with Crippen LogP contribution < -0.4 is 0 Å². The van der Waals surface area contributed by atoms with Crippen molar-refractivity contribution in [3.63, 3.8) is 0 Å². The molecule has 1 aromatic rings. The molecular weight excluding hydrogens is 256 g/mol. The number of carbonyl (C=O) groups is 1. The number of nitro groups is 1. The molecule has 7 heteroatoms. The number of hydrogen-bond donors (Lipinski definition) is 1. The van der Waals surface area contributed by atoms with Crippen LogP contribution in [0, 0.1) is 10.1 Å². The summed E-state index contributed by atoms with van der Waals surface area (Å²) in [6.45, 7) is 0. The Morgan fingerprint density at radius 3 is 2.67 bits per heavy atom. The van der Waals surface area contributed by atoms with Gasteiger partial charge in [0.15, 0.2) is 5.03 Å². The van der Waals surface area contributed by atoms with Gasteiger partial charge in [0.25, 0.3) is 0 Å². The van der Waals surface area contributed by atoms with Crippen LogP contribution in [0.4, 0.5) is 5.69 Å². The van der Waals surface area contributed by atoms with E-state index in [0.717, 1.165) is 25.7 Å². The molecule has 2 rings (SSSR count). The van der Waals surface area contributed by atoms with Crippen LogP contribution in [0.1, 0.15) is 36.2 Å². The predicted octanol–water partition coefficient (Wildman–Crippen LogP) is 2.72. The number of rotatable bonds is 4. The first kappa shape index (κ1) is 12.8. The lowest BCUT2D eigenvalue weighted by Crippen LogP contribution is -2.05. The molecule has 0 aromatic carbocycles. The van der Waals surface area contributed by atoms with E-state index < -0.39 is 10.9 Å². The zero-order valence-electron chi connectivity index (χ0n) is 9.54. The largest absolute Gasteiger partial charge is 0.477 e. The summed E-state index contributed by atoms with van der Waals surface area (Å²) in [7, 11) is 0. The Balaban J connectivity index is 2.30. The van der Waals surface area contributed by atoms with Crippen LogP contribution in [0.3, 0.4) is 0 Å². The van der Waals surface area contributed by atoms with Crippen molar-refractivity contribution in [3.8, 4) is 0 Å². The number of aromatic carboxylic acids is 1. The fourth-order valence-corrected chi connectivity index (χ4v) is 3.24. The molecule has 6 nitrogen and oxygen atoms in total. The lowest BCUT2D eigenvalue weighted by atomic mass is 10.3. The van der Waals surface area contributed by atoms with Gasteiger partial charge in [-0.2, -0.15) is 0 Å². The number of carboxylic acid groups (broad SMARTS) is 1. The highest BCUT2D eigenvalue weighted by molar-refractivity contribution is 8.00. The highest BCUT2D eigenvalue weighted by Gasteiger charge is 2.24. The van der Waals surface area contributed by atoms with Crippen LogP contribution in [-0.4, -0.2) is 26.2 Å². The summed E-state index contributed by atoms with van der Waals surface area (Å²) in [5, 5.41) is 20.3. The van der Waals surface area contributed by atoms with E-state index in [9.17, 15) is 14.9 Å². The molecule has 1 aromatic heterocycles. The normalized spacial score (nSPS) is 15.8. The first-order chi connectivity index (χ1) is 8.58. The minimum absolute atomic E-state index is 0.114. The summed E-state index contributed by atoms with van der Waals surface area (Å²) in [5.74, 6) is -1.17. The molecule has 0 atom stereocenters. The van der Waals surface area contributed by atoms with Crippen LogP contribution in [0.15, 0.2) is 17.2 Å². The third-order valence-electron chi connectivity index (χ3n) is 2.84. The molecule has 1 fully saturated rings. The molecule has 0 spiro atoms. The Kier molecular flexibility index (Phi) is 3.81. The molecular formula is C11H12N2O4S. The predicted molar refractivity (Wildman–Crippen MR) is 66.0 cm³/mol. The first-order valence-corrected chi connectivity index (χ1v) is 6.51. The monoisotopic (exact) mass is 268 g/mol. The second-order valence-corrected chi connectivity index (χ2v) is 5.40. The Labute approximate surface area is 108 Å². The van der Waals surface area contributed by atoms with E-state index >= 15 is 0 Å². The maximum Gasteiger partial charge on any atom is 0.354 e. The molecule has 0 radical (unpaired) electrons. The van der Waals surface area contributed by atoms with Gasteiger partial charge in [-0.15, -0.1) is 0 Å². The lowest BCUT2D eigenvalue weighted by Gasteiger charge is -2.08. The van der Waals surface area contributed by atoms with Gasteiger partial charge in [-0.25, -0.2) is 9.78 Å². The van der Waals surface area contributed by atoms with Crippen molar-refractivity contribution in [3.05, 3.63) is 27.9 Å². The molecule has 1 N–H and O–H groups in total. The minimum atomic E-state index is -1.17. The number of nitrogens with zero attached hydrogens (tertiary/aromatic N) is 2. The average molecular weight is 268 g/mol. The number of hydrogen-bond acceptors (Lipinski definition) is 5. The smallest absolute Gasteiger partial charge is 0.354 e. The highest BCUT2D eigenvalue weighted by Crippen LogP contribution is 2.37. The zero-order valence-corrected chi connectivity index (χ0v) is 10.4. The van der Waals surface area contributed by atoms with Crippen molar-refractivity contribution in [1.82, 2.24) is 4.98 Å². The molecule has 1 saturated carbocycles. The van der Waals surface area contributed by atoms with Gasteiger partial charge in [-0.3, -0.25) is 10.1 Å². The zero-order chi connectivity index (χ0) is 13.1. The van der Waals surface area contributed by atoms with Gasteiger partial charge in [-0.1, -0.05) is 24.6 Å². The van der Waals surface area contributed by atoms with Crippen molar-refractivity contribution in [2.45, 2.75) is 36.0 Å². The fourth-order valence-electron chi connectivity index (χ4n) is 1.94. The summed E-state index contributed by atoms with van der Waals surface area (Å²) >= 11 is 1.32. The van der Waals surface area contributed by atoms with Crippen LogP contribution in [0.25, 0.3) is 0 Å². The fraction of sp³-hybridized carbons (Fsp3) is 0.455. The van der Waals surface area contributed by atoms with E-state index in [1.165, 1.54) is 23.9 Å². The number of carboxylic acids is 1. The Morgan fingerprint density at radius 2 is 2.11 bits per heavy atom. The van der Waals surface area contributed by atoms with Gasteiger partial charge in [0, 0.05) is 11.3 Å². The third-order valence-corrected chi connectivity index (χ3v) is 4.16. The standard InChI is InChI=1S/C11H12N2O4S/c14-11(15)8-5-6-9(13(16)17)10(12-8)18-7-3-1-2-4-7/h5-7H,1-4H2,(H,14,15). The van der Waals surface area contributed by atoms with Crippen molar-refractivity contribution >= 4 is 23.4 Å². The minimum Gasteiger partial charge on any atom is -0.477 e. The van der Waals surface area contributed by atoms with Crippen molar-refractivity contribution in [2.75, 3.05) is 0 Å². The van der Waals surface area contributed by atoms with E-state index in [-0.39, 0.29) is 16.4 Å². The van der Waals surface area contributed by atoms with E-state index in [2.05, 4.69) is 4.98 Å². The summed E-state index contributed by atoms with van der Waals surface area (Å²) < 4.78 is 0. The highest BCUT2D eigenvalue weighted by atomic mass is 32.2. The second-order valence-electron chi connectivity index (χ2n) is 4.11. The molecule has 18 heavy (non-hydrogen) atoms. The summed E-state index contributed by atoms with van der Waals surface area (Å²) in [6, 6.07) is 2.38. The van der Waals surface area contributed by atoms with Gasteiger partial charge in [-0.05, 0) is 18.9 Å². The Morgan fingerprint density at radius 1 is 1.44 bits per heavy atom. The van der Waals surface area contributed by atoms with Crippen LogP contribution in [-0.2, 0) is 0 Å². The van der Waals surface area contributed by atoms with Gasteiger partial charge >= 0.3 is 11.7 Å². The molecule has 96 valence electrons. The summed E-state index contributed by atoms with van der Waals surface area (Å²) in [5.41, 5.74) is -0.266. The van der Waals surface area contributed by atoms with E-state index in [1.54, 1.807) is 0 Å². The molecule has 1 aliphatic rings. The SMILES string of the molecule is O=C(O)c1ccc([N+](=O)[O-])c(SC2CCCC2)n1. The first-order valence-electron chi connectivity index (χ1n) is 5.63. The number of thioether (sulfide) groups is 1. The lowest BCUT2D eigenvalue weighted by molar-refractivity contribution is -0.388. The maximum absolute atomic E-state index is 10.9. The maximum atomic E-state index is 10.9. The molecule has 0 saturated heterocycles. The Hall–Kier alpha value is -1.63. The molecule has 1 aliphatic carbocycles. The Bertz CT molecular complexity index is 486. The van der Waals surface area contributed by atoms with Crippen LogP contribution in [0.2, 0.25) is 0 Å². The molecule has 1 heterocycles. The van der Waals surface area contributed by atoms with Gasteiger partial charge in [0.1, 0.15) is 5.69 Å². The topological polar surface area (TPSA) is 93.3 Å². The van der Waals surface area contributed by atoms with Gasteiger partial charge < -0.3 is 5.11 Å². The molecule has 0 bridgehead atoms. The van der Waals surface area contributed by atoms with Crippen molar-refractivity contribution in [1.29, 1.82) is 0 Å². The molecule has 0 amide bonds. The summed E-state index contributed by atoms with van der Waals surface area (Å²) in [6.07, 6.45) is 4.23. The average Bonchev–Trinajstić information content (AvgIpc) is 2.81. The van der Waals surface area contributed by atoms with E-state index in [0.29, 0.717) is 5.25 Å². The van der Waals surface area contributed by atoms with E-state index in [1.807, 2.05) is 0 Å². The second kappa shape index (κ2) is 5.34. The molecule has 0 unspecified atom stereocenters. The molecule has 0 aliphatic heterocycles. The van der Waals surface area contributed by atoms with E-state index in [4.69, 9.17) is 5.11 Å². The number of aromatic nitrogens is 1.